The first-order chi connectivity index (χ1) is 6.07. The maximum absolute atomic E-state index is 10.6. The van der Waals surface area contributed by atoms with E-state index in [4.69, 9.17) is 5.11 Å². The Labute approximate surface area is 76.5 Å². The zero-order valence-electron chi connectivity index (χ0n) is 7.53. The van der Waals surface area contributed by atoms with Crippen molar-refractivity contribution in [2.24, 2.45) is 0 Å². The van der Waals surface area contributed by atoms with Crippen molar-refractivity contribution in [2.75, 3.05) is 0 Å². The largest absolute Gasteiger partial charge is 0.508 e. The number of aromatic carboxylic acids is 1. The summed E-state index contributed by atoms with van der Waals surface area (Å²) in [4.78, 5) is 14.5. The van der Waals surface area contributed by atoms with Gasteiger partial charge < -0.3 is 10.2 Å². The van der Waals surface area contributed by atoms with Gasteiger partial charge >= 0.3 is 5.97 Å². The predicted octanol–water partition coefficient (Wildman–Crippen LogP) is -0.0963. The van der Waals surface area contributed by atoms with Gasteiger partial charge in [-0.2, -0.15) is 0 Å². The second-order valence-electron chi connectivity index (χ2n) is 2.74. The molecule has 13 heavy (non-hydrogen) atoms. The molecule has 68 valence electrons. The highest BCUT2D eigenvalue weighted by molar-refractivity contribution is 6.54. The molecule has 0 spiro atoms. The van der Waals surface area contributed by atoms with E-state index in [2.05, 4.69) is 4.98 Å². The molecule has 1 rings (SSSR count). The van der Waals surface area contributed by atoms with E-state index < -0.39 is 5.97 Å². The van der Waals surface area contributed by atoms with Crippen LogP contribution in [-0.2, 0) is 0 Å². The summed E-state index contributed by atoms with van der Waals surface area (Å²) in [7, 11) is 0.575. The van der Waals surface area contributed by atoms with E-state index >= 15 is 0 Å². The minimum atomic E-state index is -1.15. The third-order valence-electron chi connectivity index (χ3n) is 1.95. The van der Waals surface area contributed by atoms with Crippen LogP contribution in [0.25, 0.3) is 0 Å². The molecule has 0 amide bonds. The summed E-state index contributed by atoms with van der Waals surface area (Å²) in [6, 6.07) is 0. The third-order valence-corrected chi connectivity index (χ3v) is 1.95. The minimum Gasteiger partial charge on any atom is -0.508 e. The van der Waals surface area contributed by atoms with Crippen molar-refractivity contribution in [3.63, 3.8) is 0 Å². The smallest absolute Gasteiger partial charge is 0.341 e. The molecular weight excluding hydrogens is 169 g/mol. The number of carboxylic acid groups (broad SMARTS) is 1. The number of carbonyl (C=O) groups is 1. The van der Waals surface area contributed by atoms with Crippen molar-refractivity contribution in [1.29, 1.82) is 0 Å². The molecule has 1 aromatic rings. The number of hydrogen-bond donors (Lipinski definition) is 2. The molecular formula is C8H10BNO3. The van der Waals surface area contributed by atoms with Crippen LogP contribution in [0.3, 0.4) is 0 Å². The lowest BCUT2D eigenvalue weighted by Gasteiger charge is -2.06. The van der Waals surface area contributed by atoms with Crippen LogP contribution in [0.5, 0.6) is 5.75 Å². The van der Waals surface area contributed by atoms with Crippen molar-refractivity contribution in [3.05, 3.63) is 17.5 Å². The SMILES string of the molecule is CBc1c(C)ncc(C(=O)O)c1O. The summed E-state index contributed by atoms with van der Waals surface area (Å²) in [6.45, 7) is 3.58. The van der Waals surface area contributed by atoms with Crippen molar-refractivity contribution in [2.45, 2.75) is 13.7 Å². The van der Waals surface area contributed by atoms with Gasteiger partial charge in [0.15, 0.2) is 7.28 Å². The van der Waals surface area contributed by atoms with Crippen molar-refractivity contribution in [1.82, 2.24) is 4.98 Å². The lowest BCUT2D eigenvalue weighted by Crippen LogP contribution is -2.19. The summed E-state index contributed by atoms with van der Waals surface area (Å²) in [6.07, 6.45) is 1.17. The molecule has 0 aliphatic rings. The maximum atomic E-state index is 10.6. The van der Waals surface area contributed by atoms with Crippen molar-refractivity contribution in [3.8, 4) is 5.75 Å². The molecule has 0 aliphatic heterocycles. The Morgan fingerprint density at radius 1 is 1.62 bits per heavy atom. The number of hydrogen-bond acceptors (Lipinski definition) is 3. The molecule has 0 unspecified atom stereocenters. The molecule has 1 heterocycles. The number of nitrogens with zero attached hydrogens (tertiary/aromatic N) is 1. The van der Waals surface area contributed by atoms with E-state index in [-0.39, 0.29) is 11.3 Å². The Balaban J connectivity index is 3.35. The zero-order chi connectivity index (χ0) is 10.0. The topological polar surface area (TPSA) is 70.4 Å². The fourth-order valence-electron chi connectivity index (χ4n) is 1.21. The van der Waals surface area contributed by atoms with Crippen LogP contribution in [0.15, 0.2) is 6.20 Å². The Bertz CT molecular complexity index is 351. The van der Waals surface area contributed by atoms with Crippen LogP contribution in [-0.4, -0.2) is 28.4 Å². The number of aromatic hydroxyl groups is 1. The number of aromatic nitrogens is 1. The third kappa shape index (κ3) is 1.64. The highest BCUT2D eigenvalue weighted by Gasteiger charge is 2.14. The first kappa shape index (κ1) is 9.57. The number of aryl methyl sites for hydroxylation is 1. The molecule has 0 saturated carbocycles. The van der Waals surface area contributed by atoms with Crippen LogP contribution >= 0.6 is 0 Å². The average molecular weight is 179 g/mol. The molecule has 1 aromatic heterocycles. The molecule has 4 nitrogen and oxygen atoms in total. The van der Waals surface area contributed by atoms with E-state index in [1.54, 1.807) is 6.92 Å². The molecule has 5 heteroatoms. The van der Waals surface area contributed by atoms with Gasteiger partial charge in [0.1, 0.15) is 11.3 Å². The summed E-state index contributed by atoms with van der Waals surface area (Å²) in [5.41, 5.74) is 1.13. The van der Waals surface area contributed by atoms with Gasteiger partial charge in [-0.05, 0) is 12.4 Å². The van der Waals surface area contributed by atoms with E-state index in [9.17, 15) is 9.90 Å². The Morgan fingerprint density at radius 2 is 2.23 bits per heavy atom. The predicted molar refractivity (Wildman–Crippen MR) is 50.2 cm³/mol. The van der Waals surface area contributed by atoms with Crippen LogP contribution < -0.4 is 5.46 Å². The summed E-state index contributed by atoms with van der Waals surface area (Å²) in [5.74, 6) is -1.32. The molecule has 0 atom stereocenters. The first-order valence-electron chi connectivity index (χ1n) is 3.98. The summed E-state index contributed by atoms with van der Waals surface area (Å²) < 4.78 is 0. The molecule has 0 saturated heterocycles. The lowest BCUT2D eigenvalue weighted by molar-refractivity contribution is 0.0693. The minimum absolute atomic E-state index is 0.137. The van der Waals surface area contributed by atoms with Gasteiger partial charge in [-0.3, -0.25) is 4.98 Å². The molecule has 0 fully saturated rings. The summed E-state index contributed by atoms with van der Waals surface area (Å²) >= 11 is 0. The fraction of sp³-hybridized carbons (Fsp3) is 0.250. The fourth-order valence-corrected chi connectivity index (χ4v) is 1.21. The highest BCUT2D eigenvalue weighted by Crippen LogP contribution is 2.13. The molecule has 0 aliphatic carbocycles. The quantitative estimate of drug-likeness (QED) is 0.622. The van der Waals surface area contributed by atoms with Crippen LogP contribution in [0.1, 0.15) is 16.1 Å². The second kappa shape index (κ2) is 3.47. The Morgan fingerprint density at radius 3 is 2.69 bits per heavy atom. The van der Waals surface area contributed by atoms with Gasteiger partial charge in [-0.15, -0.1) is 0 Å². The number of carboxylic acids is 1. The van der Waals surface area contributed by atoms with E-state index in [1.807, 2.05) is 6.82 Å². The lowest BCUT2D eigenvalue weighted by atomic mass is 9.71. The monoisotopic (exact) mass is 179 g/mol. The van der Waals surface area contributed by atoms with Crippen molar-refractivity contribution >= 4 is 18.7 Å². The number of rotatable bonds is 2. The normalized spacial score (nSPS) is 9.69. The van der Waals surface area contributed by atoms with Gasteiger partial charge in [0.2, 0.25) is 0 Å². The molecule has 2 N–H and O–H groups in total. The molecule has 0 bridgehead atoms. The molecule has 0 radical (unpaired) electrons. The zero-order valence-corrected chi connectivity index (χ0v) is 7.53. The Kier molecular flexibility index (Phi) is 2.56. The van der Waals surface area contributed by atoms with Gasteiger partial charge in [0, 0.05) is 11.9 Å². The maximum Gasteiger partial charge on any atom is 0.341 e. The number of pyridine rings is 1. The van der Waals surface area contributed by atoms with E-state index in [0.717, 1.165) is 0 Å². The summed E-state index contributed by atoms with van der Waals surface area (Å²) in [5, 5.41) is 18.2. The average Bonchev–Trinajstić information content (AvgIpc) is 2.04. The van der Waals surface area contributed by atoms with E-state index in [1.165, 1.54) is 6.20 Å². The van der Waals surface area contributed by atoms with Gasteiger partial charge in [-0.1, -0.05) is 6.82 Å². The van der Waals surface area contributed by atoms with Crippen molar-refractivity contribution < 1.29 is 15.0 Å². The Hall–Kier alpha value is -1.52. The standard InChI is InChI=1S/C8H10BNO3/c1-4-6(9-2)7(11)5(3-10-4)8(12)13/h3,9H,1-2H3,(H,10,11)(H,12,13). The van der Waals surface area contributed by atoms with E-state index in [0.29, 0.717) is 18.4 Å². The molecule has 0 aromatic carbocycles. The highest BCUT2D eigenvalue weighted by atomic mass is 16.4. The van der Waals surface area contributed by atoms with Gasteiger partial charge in [0.25, 0.3) is 0 Å². The van der Waals surface area contributed by atoms with Crippen LogP contribution in [0.2, 0.25) is 6.82 Å². The van der Waals surface area contributed by atoms with Gasteiger partial charge in [0.05, 0.1) is 0 Å². The van der Waals surface area contributed by atoms with Gasteiger partial charge in [-0.25, -0.2) is 4.79 Å². The second-order valence-corrected chi connectivity index (χ2v) is 2.74. The first-order valence-corrected chi connectivity index (χ1v) is 3.98. The van der Waals surface area contributed by atoms with Crippen LogP contribution in [0, 0.1) is 6.92 Å². The van der Waals surface area contributed by atoms with Crippen LogP contribution in [0.4, 0.5) is 0 Å².